The minimum Gasteiger partial charge on any atom is -0.311 e. The largest absolute Gasteiger partial charge is 0.311 e. The molecule has 0 amide bonds. The van der Waals surface area contributed by atoms with Crippen LogP contribution in [0.3, 0.4) is 0 Å². The molecule has 3 heterocycles. The summed E-state index contributed by atoms with van der Waals surface area (Å²) in [5.41, 5.74) is 21.0. The van der Waals surface area contributed by atoms with Crippen molar-refractivity contribution in [2.45, 2.75) is 130 Å². The van der Waals surface area contributed by atoms with Gasteiger partial charge < -0.3 is 4.90 Å². The maximum Gasteiger partial charge on any atom is 0.255 e. The fourth-order valence-electron chi connectivity index (χ4n) is 11.4. The first kappa shape index (κ1) is 40.6. The van der Waals surface area contributed by atoms with Gasteiger partial charge in [0.05, 0.1) is 5.52 Å². The first-order valence-corrected chi connectivity index (χ1v) is 22.9. The Morgan fingerprint density at radius 1 is 0.484 bits per heavy atom. The van der Waals surface area contributed by atoms with E-state index in [9.17, 15) is 0 Å². The highest BCUT2D eigenvalue weighted by atomic mass is 15.3. The second-order valence-electron chi connectivity index (χ2n) is 23.2. The number of para-hydroxylation sites is 1. The Labute approximate surface area is 371 Å². The molecule has 0 spiro atoms. The molecule has 10 rings (SSSR count). The molecule has 0 atom stereocenters. The molecule has 6 aromatic carbocycles. The normalized spacial score (nSPS) is 16.3. The lowest BCUT2D eigenvalue weighted by Gasteiger charge is -2.45. The first-order chi connectivity index (χ1) is 29.0. The van der Waals surface area contributed by atoms with Crippen LogP contribution in [0.4, 0.5) is 34.3 Å². The van der Waals surface area contributed by atoms with Crippen LogP contribution < -0.4 is 26.2 Å². The summed E-state index contributed by atoms with van der Waals surface area (Å²) in [4.78, 5) is 5.26. The molecule has 0 fully saturated rings. The molecule has 2 aliphatic heterocycles. The van der Waals surface area contributed by atoms with E-state index < -0.39 is 0 Å². The molecule has 0 radical (unpaired) electrons. The molecule has 0 bridgehead atoms. The molecular weight excluding hydrogens is 749 g/mol. The molecule has 3 aliphatic rings. The molecule has 62 heavy (non-hydrogen) atoms. The Morgan fingerprint density at radius 2 is 1.08 bits per heavy atom. The highest BCUT2D eigenvalue weighted by Gasteiger charge is 2.48. The van der Waals surface area contributed by atoms with Crippen LogP contribution in [0.15, 0.2) is 121 Å². The Hall–Kier alpha value is -5.48. The molecule has 1 aromatic heterocycles. The van der Waals surface area contributed by atoms with Crippen LogP contribution in [0.1, 0.15) is 130 Å². The number of rotatable bonds is 3. The van der Waals surface area contributed by atoms with E-state index in [0.717, 1.165) is 6.42 Å². The zero-order chi connectivity index (χ0) is 44.1. The van der Waals surface area contributed by atoms with Gasteiger partial charge in [0.1, 0.15) is 5.82 Å². The predicted molar refractivity (Wildman–Crippen MR) is 269 cm³/mol. The Kier molecular flexibility index (Phi) is 8.69. The number of anilines is 6. The number of hydrogen-bond donors (Lipinski definition) is 0. The molecule has 4 heteroatoms. The Bertz CT molecular complexity index is 2940. The maximum atomic E-state index is 2.67. The molecule has 314 valence electrons. The SMILES string of the molecule is Cc1ccc2c(c1)B1c3c(cc(C(C)(C)C)cc3N(c3ccc4c(c3)C(C)(C)CC4(C)C)c3c1c1cc(C(C)(C)C)ccc1n3-c1ccccc1)N2c1ccc(C(C)(C)C)cc1. The van der Waals surface area contributed by atoms with E-state index in [1.807, 2.05) is 0 Å². The van der Waals surface area contributed by atoms with Gasteiger partial charge in [0.2, 0.25) is 0 Å². The van der Waals surface area contributed by atoms with Crippen molar-refractivity contribution in [2.24, 2.45) is 0 Å². The van der Waals surface area contributed by atoms with Crippen LogP contribution in [-0.4, -0.2) is 11.3 Å². The number of benzene rings is 6. The monoisotopic (exact) mass is 814 g/mol. The molecule has 0 unspecified atom stereocenters. The van der Waals surface area contributed by atoms with Gasteiger partial charge >= 0.3 is 0 Å². The number of hydrogen-bond acceptors (Lipinski definition) is 2. The van der Waals surface area contributed by atoms with Gasteiger partial charge in [-0.1, -0.05) is 150 Å². The van der Waals surface area contributed by atoms with Crippen LogP contribution in [0.25, 0.3) is 16.6 Å². The van der Waals surface area contributed by atoms with E-state index in [0.29, 0.717) is 0 Å². The van der Waals surface area contributed by atoms with Gasteiger partial charge in [0.25, 0.3) is 6.71 Å². The van der Waals surface area contributed by atoms with Gasteiger partial charge in [-0.25, -0.2) is 0 Å². The molecule has 0 saturated heterocycles. The highest BCUT2D eigenvalue weighted by molar-refractivity contribution is 7.01. The average molecular weight is 814 g/mol. The van der Waals surface area contributed by atoms with Crippen molar-refractivity contribution in [1.29, 1.82) is 0 Å². The lowest BCUT2D eigenvalue weighted by Crippen LogP contribution is -2.61. The van der Waals surface area contributed by atoms with E-state index in [-0.39, 0.29) is 33.8 Å². The fourth-order valence-corrected chi connectivity index (χ4v) is 11.4. The molecule has 0 N–H and O–H groups in total. The van der Waals surface area contributed by atoms with Crippen molar-refractivity contribution in [3.63, 3.8) is 0 Å². The number of fused-ring (bicyclic) bond motifs is 7. The lowest BCUT2D eigenvalue weighted by atomic mass is 9.33. The smallest absolute Gasteiger partial charge is 0.255 e. The molecule has 1 aliphatic carbocycles. The molecule has 0 saturated carbocycles. The zero-order valence-electron chi connectivity index (χ0n) is 39.7. The van der Waals surface area contributed by atoms with Crippen LogP contribution in [0, 0.1) is 6.92 Å². The Morgan fingerprint density at radius 3 is 1.73 bits per heavy atom. The summed E-state index contributed by atoms with van der Waals surface area (Å²) >= 11 is 0. The van der Waals surface area contributed by atoms with Crippen LogP contribution >= 0.6 is 0 Å². The summed E-state index contributed by atoms with van der Waals surface area (Å²) in [5.74, 6) is 1.23. The quantitative estimate of drug-likeness (QED) is 0.165. The van der Waals surface area contributed by atoms with E-state index in [1.165, 1.54) is 101 Å². The zero-order valence-corrected chi connectivity index (χ0v) is 39.7. The van der Waals surface area contributed by atoms with Gasteiger partial charge in [0, 0.05) is 34.1 Å². The number of aryl methyl sites for hydroxylation is 1. The van der Waals surface area contributed by atoms with Gasteiger partial charge in [0.15, 0.2) is 0 Å². The molecule has 7 aromatic rings. The second-order valence-corrected chi connectivity index (χ2v) is 23.2. The number of aromatic nitrogens is 1. The molecule has 3 nitrogen and oxygen atoms in total. The minimum atomic E-state index is -0.111. The summed E-state index contributed by atoms with van der Waals surface area (Å²) in [6, 6.07) is 47.5. The lowest BCUT2D eigenvalue weighted by molar-refractivity contribution is 0.403. The van der Waals surface area contributed by atoms with E-state index in [1.54, 1.807) is 0 Å². The average Bonchev–Trinajstić information content (AvgIpc) is 3.63. The van der Waals surface area contributed by atoms with Crippen molar-refractivity contribution in [3.05, 3.63) is 155 Å². The summed E-state index contributed by atoms with van der Waals surface area (Å²) < 4.78 is 2.58. The summed E-state index contributed by atoms with van der Waals surface area (Å²) in [6.07, 6.45) is 1.12. The standard InChI is InChI=1S/C58H64BN3/c1-36-20-28-48-46(30-36)59-51-43-31-38(55(5,6)7)23-29-47(43)61(40-18-16-15-17-19-40)53(51)62(42-26-27-44-45(34-42)58(13,14)35-57(44,11)12)50-33-39(56(8,9)10)32-49(52(50)59)60(48)41-24-21-37(22-25-41)54(2,3)4/h15-34H,35H2,1-14H3. The van der Waals surface area contributed by atoms with Crippen molar-refractivity contribution in [2.75, 3.05) is 9.80 Å². The second kappa shape index (κ2) is 13.3. The topological polar surface area (TPSA) is 11.4 Å². The third-order valence-electron chi connectivity index (χ3n) is 14.5. The van der Waals surface area contributed by atoms with Crippen molar-refractivity contribution in [3.8, 4) is 5.69 Å². The van der Waals surface area contributed by atoms with E-state index in [2.05, 4.69) is 233 Å². The third kappa shape index (κ3) is 6.14. The fraction of sp³-hybridized carbons (Fsp3) is 0.345. The van der Waals surface area contributed by atoms with Gasteiger partial charge in [-0.15, -0.1) is 0 Å². The van der Waals surface area contributed by atoms with Gasteiger partial charge in [-0.3, -0.25) is 9.47 Å². The van der Waals surface area contributed by atoms with E-state index >= 15 is 0 Å². The maximum absolute atomic E-state index is 2.67. The summed E-state index contributed by atoms with van der Waals surface area (Å²) in [5, 5.41) is 1.32. The predicted octanol–water partition coefficient (Wildman–Crippen LogP) is 13.9. The molecular formula is C58H64BN3. The highest BCUT2D eigenvalue weighted by Crippen LogP contribution is 2.53. The van der Waals surface area contributed by atoms with E-state index in [4.69, 9.17) is 0 Å². The van der Waals surface area contributed by atoms with Crippen LogP contribution in [0.5, 0.6) is 0 Å². The van der Waals surface area contributed by atoms with Crippen molar-refractivity contribution >= 4 is 68.3 Å². The number of nitrogens with zero attached hydrogens (tertiary/aromatic N) is 3. The Balaban J connectivity index is 1.40. The van der Waals surface area contributed by atoms with Crippen molar-refractivity contribution in [1.82, 2.24) is 4.57 Å². The first-order valence-electron chi connectivity index (χ1n) is 22.9. The minimum absolute atomic E-state index is 0.00671. The summed E-state index contributed by atoms with van der Waals surface area (Å²) in [6.45, 7) is 33.1. The third-order valence-corrected chi connectivity index (χ3v) is 14.5. The summed E-state index contributed by atoms with van der Waals surface area (Å²) in [7, 11) is 0. The van der Waals surface area contributed by atoms with Crippen molar-refractivity contribution < 1.29 is 0 Å². The van der Waals surface area contributed by atoms with Crippen LogP contribution in [0.2, 0.25) is 0 Å². The van der Waals surface area contributed by atoms with Crippen LogP contribution in [-0.2, 0) is 27.1 Å². The van der Waals surface area contributed by atoms with Gasteiger partial charge in [-0.05, 0) is 157 Å². The van der Waals surface area contributed by atoms with Gasteiger partial charge in [-0.2, -0.15) is 0 Å².